The highest BCUT2D eigenvalue weighted by molar-refractivity contribution is 5.93. The molecule has 1 N–H and O–H groups in total. The van der Waals surface area contributed by atoms with E-state index in [4.69, 9.17) is 5.11 Å². The summed E-state index contributed by atoms with van der Waals surface area (Å²) in [4.78, 5) is 24.1. The van der Waals surface area contributed by atoms with Crippen LogP contribution in [0.5, 0.6) is 0 Å². The highest BCUT2D eigenvalue weighted by Crippen LogP contribution is 2.08. The van der Waals surface area contributed by atoms with Gasteiger partial charge in [0, 0.05) is 25.2 Å². The SMILES string of the molecule is CC(C)CN(Cc1ccccc1)C(=O)/C=C/C(=O)O. The van der Waals surface area contributed by atoms with Crippen molar-refractivity contribution in [2.24, 2.45) is 5.92 Å². The fraction of sp³-hybridized carbons (Fsp3) is 0.333. The van der Waals surface area contributed by atoms with Crippen molar-refractivity contribution in [1.29, 1.82) is 0 Å². The maximum atomic E-state index is 12.0. The van der Waals surface area contributed by atoms with Crippen LogP contribution in [0.4, 0.5) is 0 Å². The Kier molecular flexibility index (Phi) is 5.79. The molecule has 0 atom stereocenters. The summed E-state index contributed by atoms with van der Waals surface area (Å²) in [6.45, 7) is 5.12. The van der Waals surface area contributed by atoms with E-state index in [0.717, 1.165) is 17.7 Å². The molecular formula is C15H19NO3. The Morgan fingerprint density at radius 2 is 1.84 bits per heavy atom. The van der Waals surface area contributed by atoms with E-state index in [1.165, 1.54) is 0 Å². The summed E-state index contributed by atoms with van der Waals surface area (Å²) in [6.07, 6.45) is 1.98. The molecule has 0 saturated heterocycles. The number of benzene rings is 1. The predicted molar refractivity (Wildman–Crippen MR) is 73.5 cm³/mol. The molecule has 19 heavy (non-hydrogen) atoms. The first-order valence-corrected chi connectivity index (χ1v) is 6.23. The summed E-state index contributed by atoms with van der Waals surface area (Å²) in [5.74, 6) is -1.07. The Balaban J connectivity index is 2.77. The third kappa shape index (κ3) is 5.86. The van der Waals surface area contributed by atoms with Gasteiger partial charge in [-0.2, -0.15) is 0 Å². The Bertz CT molecular complexity index is 452. The minimum absolute atomic E-state index is 0.278. The Labute approximate surface area is 113 Å². The van der Waals surface area contributed by atoms with Crippen LogP contribution in [-0.4, -0.2) is 28.4 Å². The largest absolute Gasteiger partial charge is 0.478 e. The number of carboxylic acid groups (broad SMARTS) is 1. The molecule has 0 fully saturated rings. The maximum Gasteiger partial charge on any atom is 0.328 e. The lowest BCUT2D eigenvalue weighted by Gasteiger charge is -2.23. The average Bonchev–Trinajstić information content (AvgIpc) is 2.36. The lowest BCUT2D eigenvalue weighted by atomic mass is 10.1. The van der Waals surface area contributed by atoms with Crippen LogP contribution in [0.1, 0.15) is 19.4 Å². The van der Waals surface area contributed by atoms with Gasteiger partial charge < -0.3 is 10.0 Å². The maximum absolute atomic E-state index is 12.0. The zero-order chi connectivity index (χ0) is 14.3. The molecule has 0 aliphatic carbocycles. The van der Waals surface area contributed by atoms with Crippen molar-refractivity contribution in [1.82, 2.24) is 4.90 Å². The fourth-order valence-electron chi connectivity index (χ4n) is 1.73. The second-order valence-corrected chi connectivity index (χ2v) is 4.77. The van der Waals surface area contributed by atoms with Gasteiger partial charge in [0.05, 0.1) is 0 Å². The number of amides is 1. The van der Waals surface area contributed by atoms with Crippen LogP contribution in [0.2, 0.25) is 0 Å². The van der Waals surface area contributed by atoms with Gasteiger partial charge in [-0.1, -0.05) is 44.2 Å². The van der Waals surface area contributed by atoms with Crippen molar-refractivity contribution in [2.75, 3.05) is 6.54 Å². The number of hydrogen-bond donors (Lipinski definition) is 1. The van der Waals surface area contributed by atoms with Crippen LogP contribution in [0.3, 0.4) is 0 Å². The highest BCUT2D eigenvalue weighted by atomic mass is 16.4. The van der Waals surface area contributed by atoms with Crippen molar-refractivity contribution >= 4 is 11.9 Å². The van der Waals surface area contributed by atoms with Crippen LogP contribution in [0, 0.1) is 5.92 Å². The van der Waals surface area contributed by atoms with Gasteiger partial charge in [0.15, 0.2) is 0 Å². The van der Waals surface area contributed by atoms with E-state index < -0.39 is 5.97 Å². The molecule has 0 aromatic heterocycles. The summed E-state index contributed by atoms with van der Waals surface area (Å²) >= 11 is 0. The van der Waals surface area contributed by atoms with Crippen LogP contribution >= 0.6 is 0 Å². The predicted octanol–water partition coefficient (Wildman–Crippen LogP) is 2.31. The summed E-state index contributed by atoms with van der Waals surface area (Å²) in [7, 11) is 0. The Morgan fingerprint density at radius 3 is 2.37 bits per heavy atom. The van der Waals surface area contributed by atoms with E-state index in [1.54, 1.807) is 4.90 Å². The average molecular weight is 261 g/mol. The van der Waals surface area contributed by atoms with Gasteiger partial charge in [-0.25, -0.2) is 4.79 Å². The number of carboxylic acids is 1. The fourth-order valence-corrected chi connectivity index (χ4v) is 1.73. The lowest BCUT2D eigenvalue weighted by Crippen LogP contribution is -2.32. The first-order chi connectivity index (χ1) is 8.99. The van der Waals surface area contributed by atoms with E-state index in [0.29, 0.717) is 19.0 Å². The Morgan fingerprint density at radius 1 is 1.21 bits per heavy atom. The van der Waals surface area contributed by atoms with Gasteiger partial charge in [0.25, 0.3) is 0 Å². The molecule has 0 spiro atoms. The Hall–Kier alpha value is -2.10. The molecule has 1 amide bonds. The van der Waals surface area contributed by atoms with E-state index in [1.807, 2.05) is 44.2 Å². The topological polar surface area (TPSA) is 57.6 Å². The van der Waals surface area contributed by atoms with Crippen molar-refractivity contribution in [3.05, 3.63) is 48.0 Å². The number of carbonyl (C=O) groups excluding carboxylic acids is 1. The molecule has 1 aromatic rings. The van der Waals surface area contributed by atoms with E-state index >= 15 is 0 Å². The molecule has 0 unspecified atom stereocenters. The normalized spacial score (nSPS) is 10.9. The molecule has 4 heteroatoms. The summed E-state index contributed by atoms with van der Waals surface area (Å²) in [5.41, 5.74) is 1.03. The molecule has 4 nitrogen and oxygen atoms in total. The number of nitrogens with zero attached hydrogens (tertiary/aromatic N) is 1. The van der Waals surface area contributed by atoms with E-state index in [2.05, 4.69) is 0 Å². The van der Waals surface area contributed by atoms with Crippen molar-refractivity contribution in [3.8, 4) is 0 Å². The zero-order valence-electron chi connectivity index (χ0n) is 11.2. The third-order valence-corrected chi connectivity index (χ3v) is 2.48. The zero-order valence-corrected chi connectivity index (χ0v) is 11.2. The van der Waals surface area contributed by atoms with E-state index in [9.17, 15) is 9.59 Å². The number of hydrogen-bond acceptors (Lipinski definition) is 2. The minimum Gasteiger partial charge on any atom is -0.478 e. The van der Waals surface area contributed by atoms with Crippen LogP contribution in [0.15, 0.2) is 42.5 Å². The smallest absolute Gasteiger partial charge is 0.328 e. The molecule has 0 radical (unpaired) electrons. The van der Waals surface area contributed by atoms with Gasteiger partial charge in [0.1, 0.15) is 0 Å². The van der Waals surface area contributed by atoms with Gasteiger partial charge in [-0.05, 0) is 11.5 Å². The monoisotopic (exact) mass is 261 g/mol. The third-order valence-electron chi connectivity index (χ3n) is 2.48. The van der Waals surface area contributed by atoms with Crippen molar-refractivity contribution in [2.45, 2.75) is 20.4 Å². The van der Waals surface area contributed by atoms with Gasteiger partial charge in [-0.3, -0.25) is 4.79 Å². The molecule has 0 aliphatic heterocycles. The molecule has 1 aromatic carbocycles. The molecule has 0 bridgehead atoms. The summed E-state index contributed by atoms with van der Waals surface area (Å²) < 4.78 is 0. The molecule has 1 rings (SSSR count). The second kappa shape index (κ2) is 7.36. The number of rotatable bonds is 6. The highest BCUT2D eigenvalue weighted by Gasteiger charge is 2.13. The van der Waals surface area contributed by atoms with E-state index in [-0.39, 0.29) is 5.91 Å². The molecule has 102 valence electrons. The summed E-state index contributed by atoms with van der Waals surface area (Å²) in [6, 6.07) is 9.65. The quantitative estimate of drug-likeness (QED) is 0.799. The van der Waals surface area contributed by atoms with Crippen molar-refractivity contribution < 1.29 is 14.7 Å². The van der Waals surface area contributed by atoms with Crippen LogP contribution < -0.4 is 0 Å². The van der Waals surface area contributed by atoms with Crippen molar-refractivity contribution in [3.63, 3.8) is 0 Å². The molecule has 0 aliphatic rings. The summed E-state index contributed by atoms with van der Waals surface area (Å²) in [5, 5.41) is 8.56. The first-order valence-electron chi connectivity index (χ1n) is 6.23. The number of carbonyl (C=O) groups is 2. The van der Waals surface area contributed by atoms with Crippen LogP contribution in [-0.2, 0) is 16.1 Å². The first kappa shape index (κ1) is 15.0. The van der Waals surface area contributed by atoms with Gasteiger partial charge >= 0.3 is 5.97 Å². The second-order valence-electron chi connectivity index (χ2n) is 4.77. The lowest BCUT2D eigenvalue weighted by molar-refractivity contribution is -0.132. The molecule has 0 saturated carbocycles. The van der Waals surface area contributed by atoms with Gasteiger partial charge in [0.2, 0.25) is 5.91 Å². The minimum atomic E-state index is -1.11. The number of aliphatic carboxylic acids is 1. The molecule has 0 heterocycles. The standard InChI is InChI=1S/C15H19NO3/c1-12(2)10-16(14(17)8-9-15(18)19)11-13-6-4-3-5-7-13/h3-9,12H,10-11H2,1-2H3,(H,18,19)/b9-8+. The van der Waals surface area contributed by atoms with Gasteiger partial charge in [-0.15, -0.1) is 0 Å². The van der Waals surface area contributed by atoms with Crippen LogP contribution in [0.25, 0.3) is 0 Å². The molecular weight excluding hydrogens is 242 g/mol.